The molecule has 2 N–H and O–H groups in total. The highest BCUT2D eigenvalue weighted by Crippen LogP contribution is 1.97. The number of ether oxygens (including phenoxy) is 1. The van der Waals surface area contributed by atoms with Crippen LogP contribution in [0.4, 0.5) is 0 Å². The number of hydrogen-bond donors (Lipinski definition) is 2. The van der Waals surface area contributed by atoms with Gasteiger partial charge in [-0.15, -0.1) is 24.8 Å². The fourth-order valence-electron chi connectivity index (χ4n) is 1.79. The van der Waals surface area contributed by atoms with E-state index in [4.69, 9.17) is 4.74 Å². The Morgan fingerprint density at radius 3 is 3.00 bits per heavy atom. The highest BCUT2D eigenvalue weighted by molar-refractivity contribution is 5.85. The summed E-state index contributed by atoms with van der Waals surface area (Å²) >= 11 is 0. The maximum atomic E-state index is 11.6. The van der Waals surface area contributed by atoms with Crippen molar-refractivity contribution in [3.8, 4) is 0 Å². The van der Waals surface area contributed by atoms with E-state index < -0.39 is 0 Å². The molecule has 1 atom stereocenters. The molecule has 1 aromatic heterocycles. The summed E-state index contributed by atoms with van der Waals surface area (Å²) in [5, 5.41) is 6.14. The third-order valence-corrected chi connectivity index (χ3v) is 2.68. The van der Waals surface area contributed by atoms with E-state index >= 15 is 0 Å². The molecular weight excluding hydrogens is 291 g/mol. The van der Waals surface area contributed by atoms with Crippen molar-refractivity contribution in [1.82, 2.24) is 20.2 Å². The molecule has 0 aliphatic carbocycles. The number of aromatic nitrogens is 2. The van der Waals surface area contributed by atoms with E-state index in [-0.39, 0.29) is 36.8 Å². The van der Waals surface area contributed by atoms with Crippen LogP contribution in [0, 0.1) is 0 Å². The van der Waals surface area contributed by atoms with Crippen LogP contribution in [0.2, 0.25) is 0 Å². The van der Waals surface area contributed by atoms with Crippen LogP contribution in [-0.2, 0) is 16.1 Å². The molecule has 19 heavy (non-hydrogen) atoms. The van der Waals surface area contributed by atoms with E-state index in [0.717, 1.165) is 19.7 Å². The van der Waals surface area contributed by atoms with Gasteiger partial charge in [0.25, 0.3) is 0 Å². The molecule has 0 saturated carbocycles. The summed E-state index contributed by atoms with van der Waals surface area (Å²) in [5.74, 6) is 0.0631. The molecule has 110 valence electrons. The van der Waals surface area contributed by atoms with E-state index in [2.05, 4.69) is 15.6 Å². The van der Waals surface area contributed by atoms with E-state index in [1.54, 1.807) is 12.5 Å². The number of carbonyl (C=O) groups is 1. The summed E-state index contributed by atoms with van der Waals surface area (Å²) in [6.07, 6.45) is 5.82. The van der Waals surface area contributed by atoms with Gasteiger partial charge >= 0.3 is 0 Å². The Kier molecular flexibility index (Phi) is 9.59. The zero-order chi connectivity index (χ0) is 11.9. The van der Waals surface area contributed by atoms with E-state index in [0.29, 0.717) is 19.6 Å². The Balaban J connectivity index is 0.00000162. The SMILES string of the molecule is Cl.Cl.O=C(CC1COCCN1)NCCn1ccnc1. The minimum absolute atomic E-state index is 0. The molecule has 8 heteroatoms. The molecule has 0 radical (unpaired) electrons. The summed E-state index contributed by atoms with van der Waals surface area (Å²) in [4.78, 5) is 15.5. The third kappa shape index (κ3) is 6.77. The van der Waals surface area contributed by atoms with Crippen LogP contribution in [0.1, 0.15) is 6.42 Å². The van der Waals surface area contributed by atoms with Crippen molar-refractivity contribution in [2.75, 3.05) is 26.3 Å². The van der Waals surface area contributed by atoms with Crippen LogP contribution in [-0.4, -0.2) is 47.8 Å². The second-order valence-corrected chi connectivity index (χ2v) is 4.08. The van der Waals surface area contributed by atoms with Crippen LogP contribution in [0.5, 0.6) is 0 Å². The molecule has 1 aliphatic heterocycles. The monoisotopic (exact) mass is 310 g/mol. The average molecular weight is 311 g/mol. The molecule has 0 spiro atoms. The van der Waals surface area contributed by atoms with Crippen molar-refractivity contribution in [2.24, 2.45) is 0 Å². The number of halogens is 2. The summed E-state index contributed by atoms with van der Waals surface area (Å²) in [5.41, 5.74) is 0. The Hall–Kier alpha value is -0.820. The van der Waals surface area contributed by atoms with Crippen LogP contribution < -0.4 is 10.6 Å². The highest BCUT2D eigenvalue weighted by atomic mass is 35.5. The number of amides is 1. The van der Waals surface area contributed by atoms with Crippen molar-refractivity contribution in [3.05, 3.63) is 18.7 Å². The number of nitrogens with zero attached hydrogens (tertiary/aromatic N) is 2. The van der Waals surface area contributed by atoms with Gasteiger partial charge in [0.05, 0.1) is 19.5 Å². The first-order valence-electron chi connectivity index (χ1n) is 5.88. The largest absolute Gasteiger partial charge is 0.378 e. The minimum Gasteiger partial charge on any atom is -0.378 e. The smallest absolute Gasteiger partial charge is 0.221 e. The van der Waals surface area contributed by atoms with Gasteiger partial charge in [-0.1, -0.05) is 0 Å². The molecule has 6 nitrogen and oxygen atoms in total. The van der Waals surface area contributed by atoms with E-state index in [1.165, 1.54) is 0 Å². The van der Waals surface area contributed by atoms with Gasteiger partial charge in [0.1, 0.15) is 0 Å². The lowest BCUT2D eigenvalue weighted by Gasteiger charge is -2.23. The number of carbonyl (C=O) groups excluding carboxylic acids is 1. The van der Waals surface area contributed by atoms with Gasteiger partial charge in [-0.05, 0) is 0 Å². The number of imidazole rings is 1. The summed E-state index contributed by atoms with van der Waals surface area (Å²) < 4.78 is 7.22. The molecule has 0 aromatic carbocycles. The summed E-state index contributed by atoms with van der Waals surface area (Å²) in [7, 11) is 0. The third-order valence-electron chi connectivity index (χ3n) is 2.68. The predicted molar refractivity (Wildman–Crippen MR) is 77.0 cm³/mol. The van der Waals surface area contributed by atoms with Crippen molar-refractivity contribution in [3.63, 3.8) is 0 Å². The van der Waals surface area contributed by atoms with E-state index in [1.807, 2.05) is 10.8 Å². The minimum atomic E-state index is 0. The average Bonchev–Trinajstić information content (AvgIpc) is 2.83. The van der Waals surface area contributed by atoms with Gasteiger partial charge in [0, 0.05) is 44.5 Å². The van der Waals surface area contributed by atoms with Crippen LogP contribution in [0.15, 0.2) is 18.7 Å². The molecule has 1 fully saturated rings. The Labute approximate surface area is 125 Å². The fourth-order valence-corrected chi connectivity index (χ4v) is 1.79. The summed E-state index contributed by atoms with van der Waals surface area (Å²) in [6.45, 7) is 3.56. The Morgan fingerprint density at radius 1 is 1.53 bits per heavy atom. The van der Waals surface area contributed by atoms with Gasteiger partial charge in [-0.2, -0.15) is 0 Å². The van der Waals surface area contributed by atoms with Gasteiger partial charge in [-0.3, -0.25) is 4.79 Å². The first-order valence-corrected chi connectivity index (χ1v) is 5.88. The number of hydrogen-bond acceptors (Lipinski definition) is 4. The number of nitrogens with one attached hydrogen (secondary N) is 2. The first kappa shape index (κ1) is 18.2. The zero-order valence-electron chi connectivity index (χ0n) is 10.6. The second-order valence-electron chi connectivity index (χ2n) is 4.08. The van der Waals surface area contributed by atoms with E-state index in [9.17, 15) is 4.79 Å². The summed E-state index contributed by atoms with van der Waals surface area (Å²) in [6, 6.07) is 0.150. The molecule has 1 aromatic rings. The van der Waals surface area contributed by atoms with Crippen molar-refractivity contribution in [1.29, 1.82) is 0 Å². The number of morpholine rings is 1. The molecule has 2 heterocycles. The van der Waals surface area contributed by atoms with Crippen LogP contribution >= 0.6 is 24.8 Å². The predicted octanol–water partition coefficient (Wildman–Crippen LogP) is 0.221. The lowest BCUT2D eigenvalue weighted by Crippen LogP contribution is -2.44. The fraction of sp³-hybridized carbons (Fsp3) is 0.636. The van der Waals surface area contributed by atoms with Gasteiger partial charge in [0.2, 0.25) is 5.91 Å². The number of rotatable bonds is 5. The maximum absolute atomic E-state index is 11.6. The second kappa shape index (κ2) is 10.0. The normalized spacial score (nSPS) is 18.0. The molecular formula is C11H20Cl2N4O2. The lowest BCUT2D eigenvalue weighted by molar-refractivity contribution is -0.122. The Morgan fingerprint density at radius 2 is 2.37 bits per heavy atom. The maximum Gasteiger partial charge on any atom is 0.221 e. The molecule has 2 rings (SSSR count). The van der Waals surface area contributed by atoms with Gasteiger partial charge in [0.15, 0.2) is 0 Å². The van der Waals surface area contributed by atoms with Crippen LogP contribution in [0.3, 0.4) is 0 Å². The standard InChI is InChI=1S/C11H18N4O2.2ClH/c16-11(7-10-8-17-6-3-13-10)14-2-5-15-4-1-12-9-15;;/h1,4,9-10,13H,2-3,5-8H2,(H,14,16);2*1H. The zero-order valence-corrected chi connectivity index (χ0v) is 12.2. The quantitative estimate of drug-likeness (QED) is 0.816. The highest BCUT2D eigenvalue weighted by Gasteiger charge is 2.16. The van der Waals surface area contributed by atoms with Gasteiger partial charge < -0.3 is 19.9 Å². The Bertz CT molecular complexity index is 342. The molecule has 1 aliphatic rings. The first-order chi connectivity index (χ1) is 8.34. The topological polar surface area (TPSA) is 68.2 Å². The van der Waals surface area contributed by atoms with Gasteiger partial charge in [-0.25, -0.2) is 4.98 Å². The van der Waals surface area contributed by atoms with Crippen molar-refractivity contribution < 1.29 is 9.53 Å². The van der Waals surface area contributed by atoms with Crippen molar-refractivity contribution in [2.45, 2.75) is 19.0 Å². The van der Waals surface area contributed by atoms with Crippen molar-refractivity contribution >= 4 is 30.7 Å². The molecule has 0 bridgehead atoms. The van der Waals surface area contributed by atoms with Crippen LogP contribution in [0.25, 0.3) is 0 Å². The molecule has 1 amide bonds. The lowest BCUT2D eigenvalue weighted by atomic mass is 10.2. The molecule has 1 saturated heterocycles. The molecule has 1 unspecified atom stereocenters.